The quantitative estimate of drug-likeness (QED) is 0.805. The average molecular weight is 295 g/mol. The topological polar surface area (TPSA) is 12.0 Å². The van der Waals surface area contributed by atoms with E-state index in [1.54, 1.807) is 6.07 Å². The number of nitrogens with one attached hydrogen (secondary N) is 1. The summed E-state index contributed by atoms with van der Waals surface area (Å²) in [5, 5.41) is 4.37. The van der Waals surface area contributed by atoms with Gasteiger partial charge in [-0.15, -0.1) is 0 Å². The van der Waals surface area contributed by atoms with Crippen LogP contribution in [-0.2, 0) is 0 Å². The van der Waals surface area contributed by atoms with Gasteiger partial charge in [0.2, 0.25) is 0 Å². The predicted octanol–water partition coefficient (Wildman–Crippen LogP) is 4.85. The summed E-state index contributed by atoms with van der Waals surface area (Å²) in [5.41, 5.74) is 1.96. The normalized spacial score (nSPS) is 18.1. The van der Waals surface area contributed by atoms with Gasteiger partial charge in [0.25, 0.3) is 0 Å². The van der Waals surface area contributed by atoms with Crippen LogP contribution in [0.2, 0.25) is 0 Å². The van der Waals surface area contributed by atoms with Crippen LogP contribution in [0.25, 0.3) is 0 Å². The second-order valence-electron chi connectivity index (χ2n) is 5.71. The number of halogens is 1. The molecule has 1 aromatic carbocycles. The Hall–Kier alpha value is -0.540. The molecule has 1 nitrogen and oxygen atoms in total. The number of thioether (sulfide) groups is 1. The van der Waals surface area contributed by atoms with Gasteiger partial charge in [0.15, 0.2) is 0 Å². The van der Waals surface area contributed by atoms with Gasteiger partial charge in [-0.2, -0.15) is 11.8 Å². The van der Waals surface area contributed by atoms with Gasteiger partial charge in [-0.3, -0.25) is 0 Å². The van der Waals surface area contributed by atoms with E-state index in [0.29, 0.717) is 6.04 Å². The molecule has 0 aromatic heterocycles. The van der Waals surface area contributed by atoms with Gasteiger partial charge in [-0.25, -0.2) is 4.39 Å². The molecule has 0 amide bonds. The van der Waals surface area contributed by atoms with Crippen LogP contribution < -0.4 is 5.32 Å². The molecule has 1 aliphatic rings. The number of rotatable bonds is 6. The Bertz CT molecular complexity index is 415. The zero-order valence-electron chi connectivity index (χ0n) is 12.6. The van der Waals surface area contributed by atoms with Gasteiger partial charge < -0.3 is 5.32 Å². The SMILES string of the molecule is CCNC(CSC1CCCCC1)c1ccc(F)c(C)c1. The Morgan fingerprint density at radius 2 is 2.05 bits per heavy atom. The number of hydrogen-bond donors (Lipinski definition) is 1. The molecule has 0 heterocycles. The van der Waals surface area contributed by atoms with Gasteiger partial charge >= 0.3 is 0 Å². The van der Waals surface area contributed by atoms with Crippen molar-refractivity contribution in [1.29, 1.82) is 0 Å². The zero-order valence-corrected chi connectivity index (χ0v) is 13.4. The molecule has 0 bridgehead atoms. The minimum absolute atomic E-state index is 0.107. The highest BCUT2D eigenvalue weighted by molar-refractivity contribution is 7.99. The summed E-state index contributed by atoms with van der Waals surface area (Å²) >= 11 is 2.09. The molecule has 1 aromatic rings. The molecule has 2 rings (SSSR count). The first kappa shape index (κ1) is 15.8. The molecule has 1 fully saturated rings. The number of aryl methyl sites for hydroxylation is 1. The fourth-order valence-electron chi connectivity index (χ4n) is 2.87. The average Bonchev–Trinajstić information content (AvgIpc) is 2.47. The molecule has 3 heteroatoms. The fraction of sp³-hybridized carbons (Fsp3) is 0.647. The van der Waals surface area contributed by atoms with E-state index in [0.717, 1.165) is 23.1 Å². The second kappa shape index (κ2) is 8.04. The summed E-state index contributed by atoms with van der Waals surface area (Å²) in [6.07, 6.45) is 6.92. The standard InChI is InChI=1S/C17H26FNS/c1-3-19-17(12-20-15-7-5-4-6-8-15)14-9-10-16(18)13(2)11-14/h9-11,15,17,19H,3-8,12H2,1-2H3. The van der Waals surface area contributed by atoms with Crippen LogP contribution in [0.3, 0.4) is 0 Å². The van der Waals surface area contributed by atoms with E-state index in [9.17, 15) is 4.39 Å². The first-order valence-corrected chi connectivity index (χ1v) is 8.86. The van der Waals surface area contributed by atoms with Crippen LogP contribution >= 0.6 is 11.8 Å². The summed E-state index contributed by atoms with van der Waals surface area (Å²) in [5.74, 6) is 0.979. The number of benzene rings is 1. The molecule has 0 aliphatic heterocycles. The molecule has 1 N–H and O–H groups in total. The lowest BCUT2D eigenvalue weighted by Gasteiger charge is -2.25. The summed E-state index contributed by atoms with van der Waals surface area (Å²) in [6.45, 7) is 4.93. The molecule has 1 saturated carbocycles. The largest absolute Gasteiger partial charge is 0.310 e. The summed E-state index contributed by atoms with van der Waals surface area (Å²) in [4.78, 5) is 0. The molecular formula is C17H26FNS. The van der Waals surface area contributed by atoms with E-state index >= 15 is 0 Å². The van der Waals surface area contributed by atoms with Crippen molar-refractivity contribution >= 4 is 11.8 Å². The van der Waals surface area contributed by atoms with E-state index < -0.39 is 0 Å². The molecule has 112 valence electrons. The molecule has 0 saturated heterocycles. The van der Waals surface area contributed by atoms with Crippen LogP contribution in [0.4, 0.5) is 4.39 Å². The lowest BCUT2D eigenvalue weighted by molar-refractivity contribution is 0.514. The van der Waals surface area contributed by atoms with Gasteiger partial charge in [0.05, 0.1) is 0 Å². The maximum Gasteiger partial charge on any atom is 0.126 e. The molecule has 1 aliphatic carbocycles. The second-order valence-corrected chi connectivity index (χ2v) is 7.05. The van der Waals surface area contributed by atoms with Gasteiger partial charge in [0.1, 0.15) is 5.82 Å². The molecule has 1 atom stereocenters. The predicted molar refractivity (Wildman–Crippen MR) is 86.9 cm³/mol. The van der Waals surface area contributed by atoms with Crippen molar-refractivity contribution in [3.8, 4) is 0 Å². The third-order valence-corrected chi connectivity index (χ3v) is 5.55. The minimum Gasteiger partial charge on any atom is -0.310 e. The summed E-state index contributed by atoms with van der Waals surface area (Å²) in [7, 11) is 0. The molecule has 1 unspecified atom stereocenters. The Morgan fingerprint density at radius 3 is 2.70 bits per heavy atom. The summed E-state index contributed by atoms with van der Waals surface area (Å²) < 4.78 is 13.4. The van der Waals surface area contributed by atoms with Crippen LogP contribution in [0, 0.1) is 12.7 Å². The van der Waals surface area contributed by atoms with E-state index in [-0.39, 0.29) is 5.82 Å². The van der Waals surface area contributed by atoms with Crippen molar-refractivity contribution in [3.63, 3.8) is 0 Å². The van der Waals surface area contributed by atoms with Crippen LogP contribution in [0.5, 0.6) is 0 Å². The first-order chi connectivity index (χ1) is 9.70. The van der Waals surface area contributed by atoms with Crippen molar-refractivity contribution in [2.24, 2.45) is 0 Å². The van der Waals surface area contributed by atoms with E-state index in [4.69, 9.17) is 0 Å². The monoisotopic (exact) mass is 295 g/mol. The third-order valence-electron chi connectivity index (χ3n) is 4.09. The summed E-state index contributed by atoms with van der Waals surface area (Å²) in [6, 6.07) is 5.85. The number of hydrogen-bond acceptors (Lipinski definition) is 2. The van der Waals surface area contributed by atoms with Crippen molar-refractivity contribution in [2.75, 3.05) is 12.3 Å². The smallest absolute Gasteiger partial charge is 0.126 e. The van der Waals surface area contributed by atoms with Gasteiger partial charge in [-0.05, 0) is 43.5 Å². The third kappa shape index (κ3) is 4.49. The lowest BCUT2D eigenvalue weighted by Crippen LogP contribution is -2.24. The van der Waals surface area contributed by atoms with Crippen molar-refractivity contribution in [3.05, 3.63) is 35.1 Å². The highest BCUT2D eigenvalue weighted by Crippen LogP contribution is 2.31. The lowest BCUT2D eigenvalue weighted by atomic mass is 10.0. The Balaban J connectivity index is 1.96. The highest BCUT2D eigenvalue weighted by atomic mass is 32.2. The zero-order chi connectivity index (χ0) is 14.4. The molecule has 0 radical (unpaired) electrons. The van der Waals surface area contributed by atoms with E-state index in [2.05, 4.69) is 24.0 Å². The van der Waals surface area contributed by atoms with Crippen molar-refractivity contribution in [2.45, 2.75) is 57.2 Å². The maximum atomic E-state index is 13.4. The molecular weight excluding hydrogens is 269 g/mol. The van der Waals surface area contributed by atoms with Gasteiger partial charge in [-0.1, -0.05) is 38.3 Å². The maximum absolute atomic E-state index is 13.4. The Kier molecular flexibility index (Phi) is 6.37. The highest BCUT2D eigenvalue weighted by Gasteiger charge is 2.17. The van der Waals surface area contributed by atoms with Gasteiger partial charge in [0, 0.05) is 17.0 Å². The van der Waals surface area contributed by atoms with E-state index in [1.165, 1.54) is 37.7 Å². The van der Waals surface area contributed by atoms with Crippen LogP contribution in [0.1, 0.15) is 56.2 Å². The van der Waals surface area contributed by atoms with E-state index in [1.807, 2.05) is 19.1 Å². The molecule has 0 spiro atoms. The van der Waals surface area contributed by atoms with Crippen LogP contribution in [0.15, 0.2) is 18.2 Å². The Morgan fingerprint density at radius 1 is 1.30 bits per heavy atom. The fourth-order valence-corrected chi connectivity index (χ4v) is 4.31. The van der Waals surface area contributed by atoms with Crippen molar-refractivity contribution < 1.29 is 4.39 Å². The van der Waals surface area contributed by atoms with Crippen molar-refractivity contribution in [1.82, 2.24) is 5.32 Å². The minimum atomic E-state index is -0.107. The Labute approximate surface area is 126 Å². The van der Waals surface area contributed by atoms with Crippen LogP contribution in [-0.4, -0.2) is 17.5 Å². The molecule has 20 heavy (non-hydrogen) atoms. The first-order valence-electron chi connectivity index (χ1n) is 7.81.